The van der Waals surface area contributed by atoms with Gasteiger partial charge < -0.3 is 10.8 Å². The average molecular weight is 142 g/mol. The zero-order chi connectivity index (χ0) is 7.56. The first kappa shape index (κ1) is 7.04. The van der Waals surface area contributed by atoms with Gasteiger partial charge in [-0.2, -0.15) is 0 Å². The van der Waals surface area contributed by atoms with Crippen molar-refractivity contribution < 1.29 is 5.11 Å². The van der Waals surface area contributed by atoms with Gasteiger partial charge in [0.1, 0.15) is 12.5 Å². The van der Waals surface area contributed by atoms with E-state index in [-0.39, 0.29) is 6.61 Å². The fourth-order valence-electron chi connectivity index (χ4n) is 0.688. The van der Waals surface area contributed by atoms with Gasteiger partial charge >= 0.3 is 0 Å². The van der Waals surface area contributed by atoms with E-state index in [1.165, 1.54) is 11.2 Å². The third-order valence-corrected chi connectivity index (χ3v) is 1.29. The molecule has 1 aliphatic heterocycles. The zero-order valence-corrected chi connectivity index (χ0v) is 5.49. The quantitative estimate of drug-likeness (QED) is 0.383. The van der Waals surface area contributed by atoms with Gasteiger partial charge in [0.15, 0.2) is 0 Å². The summed E-state index contributed by atoms with van der Waals surface area (Å²) in [5.74, 6) is 5.76. The van der Waals surface area contributed by atoms with Crippen molar-refractivity contribution in [3.05, 3.63) is 11.4 Å². The summed E-state index contributed by atoms with van der Waals surface area (Å²) in [5, 5.41) is 9.95. The molecule has 0 aromatic carbocycles. The van der Waals surface area contributed by atoms with E-state index >= 15 is 0 Å². The maximum Gasteiger partial charge on any atom is 0.126 e. The van der Waals surface area contributed by atoms with Crippen LogP contribution in [0.1, 0.15) is 0 Å². The van der Waals surface area contributed by atoms with Crippen LogP contribution < -0.4 is 11.6 Å². The molecule has 0 saturated heterocycles. The molecular weight excluding hydrogens is 132 g/mol. The molecule has 0 unspecified atom stereocenters. The van der Waals surface area contributed by atoms with E-state index in [9.17, 15) is 0 Å². The van der Waals surface area contributed by atoms with Gasteiger partial charge in [0.05, 0.1) is 6.61 Å². The van der Waals surface area contributed by atoms with Crippen molar-refractivity contribution in [3.8, 4) is 0 Å². The highest BCUT2D eigenvalue weighted by Gasteiger charge is 2.08. The van der Waals surface area contributed by atoms with Crippen molar-refractivity contribution in [1.82, 2.24) is 5.01 Å². The summed E-state index contributed by atoms with van der Waals surface area (Å²) in [5.41, 5.74) is 6.03. The minimum absolute atomic E-state index is 0.122. The molecule has 1 aliphatic rings. The Labute approximate surface area is 58.6 Å². The number of hydrogen-bond acceptors (Lipinski definition) is 5. The van der Waals surface area contributed by atoms with Gasteiger partial charge in [-0.3, -0.25) is 10.0 Å². The fourth-order valence-corrected chi connectivity index (χ4v) is 0.688. The van der Waals surface area contributed by atoms with E-state index in [1.807, 2.05) is 0 Å². The molecule has 5 nitrogen and oxygen atoms in total. The highest BCUT2D eigenvalue weighted by molar-refractivity contribution is 5.80. The van der Waals surface area contributed by atoms with Crippen molar-refractivity contribution in [1.29, 1.82) is 0 Å². The van der Waals surface area contributed by atoms with Crippen LogP contribution in [0.2, 0.25) is 0 Å². The van der Waals surface area contributed by atoms with Crippen molar-refractivity contribution in [2.24, 2.45) is 16.6 Å². The molecule has 0 aromatic rings. The Morgan fingerprint density at radius 3 is 3.00 bits per heavy atom. The van der Waals surface area contributed by atoms with Gasteiger partial charge in [-0.05, 0) is 0 Å². The molecule has 10 heavy (non-hydrogen) atoms. The normalized spacial score (nSPS) is 18.4. The summed E-state index contributed by atoms with van der Waals surface area (Å²) < 4.78 is 0. The van der Waals surface area contributed by atoms with Crippen molar-refractivity contribution >= 4 is 6.21 Å². The number of rotatable bonds is 1. The first-order chi connectivity index (χ1) is 4.75. The van der Waals surface area contributed by atoms with Crippen LogP contribution >= 0.6 is 0 Å². The van der Waals surface area contributed by atoms with Gasteiger partial charge in [0.25, 0.3) is 0 Å². The lowest BCUT2D eigenvalue weighted by atomic mass is 10.3. The Morgan fingerprint density at radius 1 is 1.80 bits per heavy atom. The lowest BCUT2D eigenvalue weighted by Gasteiger charge is -2.21. The van der Waals surface area contributed by atoms with E-state index in [4.69, 9.17) is 16.7 Å². The highest BCUT2D eigenvalue weighted by Crippen LogP contribution is 2.02. The van der Waals surface area contributed by atoms with Gasteiger partial charge in [0.2, 0.25) is 0 Å². The molecule has 0 amide bonds. The molecule has 0 radical (unpaired) electrons. The number of nitrogens with two attached hydrogens (primary N) is 2. The van der Waals surface area contributed by atoms with Crippen LogP contribution in [0.25, 0.3) is 0 Å². The minimum Gasteiger partial charge on any atom is -0.391 e. The van der Waals surface area contributed by atoms with Gasteiger partial charge in [-0.1, -0.05) is 0 Å². The Balaban J connectivity index is 2.82. The second-order valence-electron chi connectivity index (χ2n) is 1.99. The highest BCUT2D eigenvalue weighted by atomic mass is 16.3. The molecule has 5 N–H and O–H groups in total. The Bertz CT molecular complexity index is 186. The van der Waals surface area contributed by atoms with Crippen molar-refractivity contribution in [2.45, 2.75) is 0 Å². The van der Waals surface area contributed by atoms with Crippen LogP contribution in [0.5, 0.6) is 0 Å². The maximum absolute atomic E-state index is 8.67. The number of aliphatic imine (C=N–C) groups is 1. The van der Waals surface area contributed by atoms with Gasteiger partial charge in [-0.25, -0.2) is 5.84 Å². The first-order valence-corrected chi connectivity index (χ1v) is 2.87. The van der Waals surface area contributed by atoms with Crippen molar-refractivity contribution in [2.75, 3.05) is 13.3 Å². The second-order valence-corrected chi connectivity index (χ2v) is 1.99. The number of aliphatic hydroxyl groups is 1. The molecule has 0 spiro atoms. The molecule has 5 heteroatoms. The van der Waals surface area contributed by atoms with E-state index in [2.05, 4.69) is 4.99 Å². The third kappa shape index (κ3) is 1.09. The van der Waals surface area contributed by atoms with Gasteiger partial charge in [0, 0.05) is 11.8 Å². The predicted octanol–water partition coefficient (Wildman–Crippen LogP) is -1.63. The van der Waals surface area contributed by atoms with Crippen LogP contribution in [-0.4, -0.2) is 29.6 Å². The Kier molecular flexibility index (Phi) is 1.88. The smallest absolute Gasteiger partial charge is 0.126 e. The molecule has 1 rings (SSSR count). The van der Waals surface area contributed by atoms with Crippen LogP contribution in [0.15, 0.2) is 16.4 Å². The SMILES string of the molecule is NC1=C(CO)C=NCN1N. The number of hydrazine groups is 1. The third-order valence-electron chi connectivity index (χ3n) is 1.29. The first-order valence-electron chi connectivity index (χ1n) is 2.87. The fraction of sp³-hybridized carbons (Fsp3) is 0.400. The molecule has 0 atom stereocenters. The molecule has 0 aromatic heterocycles. The molecule has 1 heterocycles. The summed E-state index contributed by atoms with van der Waals surface area (Å²) in [6.07, 6.45) is 1.53. The van der Waals surface area contributed by atoms with E-state index < -0.39 is 0 Å². The van der Waals surface area contributed by atoms with E-state index in [0.717, 1.165) is 0 Å². The topological polar surface area (TPSA) is 87.9 Å². The monoisotopic (exact) mass is 142 g/mol. The van der Waals surface area contributed by atoms with E-state index in [0.29, 0.717) is 18.1 Å². The van der Waals surface area contributed by atoms with Crippen LogP contribution in [0.4, 0.5) is 0 Å². The lowest BCUT2D eigenvalue weighted by Crippen LogP contribution is -2.38. The summed E-state index contributed by atoms with van der Waals surface area (Å²) >= 11 is 0. The summed E-state index contributed by atoms with van der Waals surface area (Å²) in [6.45, 7) is 0.234. The number of hydrogen-bond donors (Lipinski definition) is 3. The summed E-state index contributed by atoms with van der Waals surface area (Å²) in [4.78, 5) is 3.84. The Morgan fingerprint density at radius 2 is 2.50 bits per heavy atom. The summed E-state index contributed by atoms with van der Waals surface area (Å²) in [7, 11) is 0. The maximum atomic E-state index is 8.67. The van der Waals surface area contributed by atoms with Crippen LogP contribution in [-0.2, 0) is 0 Å². The molecule has 0 fully saturated rings. The Hall–Kier alpha value is -1.07. The summed E-state index contributed by atoms with van der Waals surface area (Å²) in [6, 6.07) is 0. The van der Waals surface area contributed by atoms with E-state index in [1.54, 1.807) is 0 Å². The number of aliphatic hydroxyl groups excluding tert-OH is 1. The van der Waals surface area contributed by atoms with Crippen LogP contribution in [0.3, 0.4) is 0 Å². The largest absolute Gasteiger partial charge is 0.391 e. The van der Waals surface area contributed by atoms with Crippen LogP contribution in [0, 0.1) is 0 Å². The lowest BCUT2D eigenvalue weighted by molar-refractivity contribution is 0.313. The zero-order valence-electron chi connectivity index (χ0n) is 5.49. The van der Waals surface area contributed by atoms with Crippen molar-refractivity contribution in [3.63, 3.8) is 0 Å². The predicted molar refractivity (Wildman–Crippen MR) is 37.7 cm³/mol. The van der Waals surface area contributed by atoms with Gasteiger partial charge in [-0.15, -0.1) is 0 Å². The molecule has 56 valence electrons. The molecule has 0 aliphatic carbocycles. The second kappa shape index (κ2) is 2.68. The average Bonchev–Trinajstić information content (AvgIpc) is 1.95. The molecule has 0 saturated carbocycles. The molecular formula is C5H10N4O. The minimum atomic E-state index is -0.122. The standard InChI is InChI=1S/C5H10N4O/c6-5-4(2-10)1-8-3-9(5)7/h1,10H,2-3,6-7H2. The molecule has 0 bridgehead atoms. The number of nitrogens with zero attached hydrogens (tertiary/aromatic N) is 2.